The van der Waals surface area contributed by atoms with Crippen LogP contribution in [0, 0.1) is 0 Å². The fourth-order valence-corrected chi connectivity index (χ4v) is 4.69. The van der Waals surface area contributed by atoms with E-state index in [1.165, 1.54) is 12.4 Å². The molecule has 0 atom stereocenters. The van der Waals surface area contributed by atoms with Crippen LogP contribution in [0.1, 0.15) is 0 Å². The number of hydrogen-bond acceptors (Lipinski definition) is 8. The van der Waals surface area contributed by atoms with E-state index < -0.39 is 0 Å². The maximum Gasteiger partial charge on any atom is 0.229 e. The molecule has 220 valence electrons. The summed E-state index contributed by atoms with van der Waals surface area (Å²) in [6.07, 6.45) is 3.03. The van der Waals surface area contributed by atoms with E-state index in [9.17, 15) is 0 Å². The van der Waals surface area contributed by atoms with E-state index in [1.54, 1.807) is 20.4 Å². The highest BCUT2D eigenvalue weighted by Gasteiger charge is 2.10. The molecule has 0 saturated carbocycles. The highest BCUT2D eigenvalue weighted by Crippen LogP contribution is 2.34. The Morgan fingerprint density at radius 2 is 1.09 bits per heavy atom. The van der Waals surface area contributed by atoms with E-state index in [2.05, 4.69) is 60.9 Å². The molecule has 0 bridgehead atoms. The van der Waals surface area contributed by atoms with Crippen molar-refractivity contribution in [3.63, 3.8) is 0 Å². The topological polar surface area (TPSA) is 94.1 Å². The lowest BCUT2D eigenvalue weighted by Gasteiger charge is -2.14. The molecule has 0 unspecified atom stereocenters. The van der Waals surface area contributed by atoms with Gasteiger partial charge in [0.05, 0.1) is 14.2 Å². The van der Waals surface area contributed by atoms with Gasteiger partial charge in [0.2, 0.25) is 5.95 Å². The molecule has 0 aliphatic carbocycles. The highest BCUT2D eigenvalue weighted by atomic mass is 35.5. The van der Waals surface area contributed by atoms with Gasteiger partial charge in [0.15, 0.2) is 0 Å². The normalized spacial score (nSPS) is 10.3. The van der Waals surface area contributed by atoms with E-state index in [-0.39, 0.29) is 0 Å². The van der Waals surface area contributed by atoms with Crippen molar-refractivity contribution in [3.05, 3.63) is 132 Å². The summed E-state index contributed by atoms with van der Waals surface area (Å²) in [6, 6.07) is 35.5. The molecule has 6 rings (SSSR count). The van der Waals surface area contributed by atoms with Gasteiger partial charge in [-0.3, -0.25) is 0 Å². The smallest absolute Gasteiger partial charge is 0.229 e. The van der Waals surface area contributed by atoms with Crippen molar-refractivity contribution in [2.45, 2.75) is 0 Å². The lowest BCUT2D eigenvalue weighted by Crippen LogP contribution is -2.01. The van der Waals surface area contributed by atoms with Crippen LogP contribution in [-0.2, 0) is 0 Å². The van der Waals surface area contributed by atoms with E-state index in [0.717, 1.165) is 45.1 Å². The molecule has 2 N–H and O–H groups in total. The molecule has 44 heavy (non-hydrogen) atoms. The predicted molar refractivity (Wildman–Crippen MR) is 178 cm³/mol. The summed E-state index contributed by atoms with van der Waals surface area (Å²) in [7, 11) is 3.36. The Morgan fingerprint density at radius 1 is 0.568 bits per heavy atom. The minimum atomic E-state index is 0.366. The first-order valence-electron chi connectivity index (χ1n) is 13.5. The summed E-state index contributed by atoms with van der Waals surface area (Å²) >= 11 is 10.8. The molecular formula is C34H28Cl2N6O2. The van der Waals surface area contributed by atoms with Crippen molar-refractivity contribution in [1.29, 1.82) is 0 Å². The minimum absolute atomic E-state index is 0.366. The van der Waals surface area contributed by atoms with Crippen molar-refractivity contribution in [1.82, 2.24) is 19.9 Å². The van der Waals surface area contributed by atoms with Crippen molar-refractivity contribution in [2.24, 2.45) is 0 Å². The average Bonchev–Trinajstić information content (AvgIpc) is 3.06. The Bertz CT molecular complexity index is 1700. The number of nitrogens with zero attached hydrogens (tertiary/aromatic N) is 4. The Kier molecular flexibility index (Phi) is 10.2. The third kappa shape index (κ3) is 8.01. The zero-order chi connectivity index (χ0) is 30.7. The third-order valence-corrected chi connectivity index (χ3v) is 6.77. The number of rotatable bonds is 8. The second-order valence-corrected chi connectivity index (χ2v) is 10.0. The lowest BCUT2D eigenvalue weighted by atomic mass is 10.0. The third-order valence-electron chi connectivity index (χ3n) is 6.35. The number of halogens is 2. The van der Waals surface area contributed by atoms with Gasteiger partial charge in [-0.05, 0) is 53.6 Å². The van der Waals surface area contributed by atoms with E-state index >= 15 is 0 Å². The molecule has 10 heteroatoms. The molecular weight excluding hydrogens is 595 g/mol. The lowest BCUT2D eigenvalue weighted by molar-refractivity contribution is 0.416. The molecule has 8 nitrogen and oxygen atoms in total. The zero-order valence-corrected chi connectivity index (χ0v) is 25.4. The molecule has 0 amide bonds. The number of aromatic nitrogens is 4. The maximum absolute atomic E-state index is 5.58. The van der Waals surface area contributed by atoms with E-state index in [0.29, 0.717) is 22.1 Å². The molecule has 4 aromatic carbocycles. The van der Waals surface area contributed by atoms with Crippen LogP contribution in [0.5, 0.6) is 11.5 Å². The summed E-state index contributed by atoms with van der Waals surface area (Å²) in [4.78, 5) is 16.3. The summed E-state index contributed by atoms with van der Waals surface area (Å²) in [5.41, 5.74) is 5.91. The van der Waals surface area contributed by atoms with Crippen LogP contribution in [0.15, 0.2) is 122 Å². The largest absolute Gasteiger partial charge is 0.496 e. The van der Waals surface area contributed by atoms with Crippen LogP contribution < -0.4 is 20.1 Å². The Balaban J connectivity index is 0.000000418. The zero-order valence-electron chi connectivity index (χ0n) is 23.9. The first-order chi connectivity index (χ1) is 21.5. The number of hydrogen-bond donors (Lipinski definition) is 2. The van der Waals surface area contributed by atoms with Gasteiger partial charge in [-0.2, -0.15) is 4.98 Å². The molecule has 0 aliphatic rings. The Hall–Kier alpha value is -5.18. The first-order valence-corrected chi connectivity index (χ1v) is 14.2. The fourth-order valence-electron chi connectivity index (χ4n) is 4.34. The molecule has 0 fully saturated rings. The average molecular weight is 624 g/mol. The van der Waals surface area contributed by atoms with Crippen molar-refractivity contribution in [2.75, 3.05) is 24.9 Å². The summed E-state index contributed by atoms with van der Waals surface area (Å²) in [5.74, 6) is 2.77. The molecule has 0 radical (unpaired) electrons. The summed E-state index contributed by atoms with van der Waals surface area (Å²) in [5, 5.41) is 7.42. The maximum atomic E-state index is 5.58. The number of nitrogens with one attached hydrogen (secondary N) is 2. The highest BCUT2D eigenvalue weighted by molar-refractivity contribution is 6.33. The van der Waals surface area contributed by atoms with Gasteiger partial charge in [0.1, 0.15) is 34.0 Å². The van der Waals surface area contributed by atoms with Crippen molar-refractivity contribution in [3.8, 4) is 33.8 Å². The number of methoxy groups -OCH3 is 2. The molecule has 6 aromatic rings. The molecule has 0 spiro atoms. The van der Waals surface area contributed by atoms with E-state index in [1.807, 2.05) is 72.8 Å². The monoisotopic (exact) mass is 622 g/mol. The van der Waals surface area contributed by atoms with Gasteiger partial charge in [0, 0.05) is 34.8 Å². The number of benzene rings is 4. The van der Waals surface area contributed by atoms with Gasteiger partial charge in [0.25, 0.3) is 0 Å². The minimum Gasteiger partial charge on any atom is -0.496 e. The molecule has 2 aromatic heterocycles. The standard InChI is InChI=1S/C30H26N4O2.C4H2Cl2N2/c1-35-27-15-13-23(19-25(27)21-9-5-3-6-10-21)32-29-17-18-31-30(34-29)33-24-14-16-28(36-2)26(20-24)22-11-7-4-8-12-22;5-3-1-4(6)8-2-7-3/h3-20H,1-2H3,(H2,31,32,33,34);1-2H. The number of anilines is 4. The van der Waals surface area contributed by atoms with Crippen molar-refractivity contribution < 1.29 is 9.47 Å². The summed E-state index contributed by atoms with van der Waals surface area (Å²) in [6.45, 7) is 0. The quantitative estimate of drug-likeness (QED) is 0.162. The Morgan fingerprint density at radius 3 is 1.57 bits per heavy atom. The molecule has 0 saturated heterocycles. The van der Waals surface area contributed by atoms with Gasteiger partial charge >= 0.3 is 0 Å². The molecule has 2 heterocycles. The Labute approximate surface area is 265 Å². The van der Waals surface area contributed by atoms with Gasteiger partial charge in [-0.15, -0.1) is 0 Å². The first kappa shape index (κ1) is 30.3. The number of ether oxygens (including phenoxy) is 2. The second-order valence-electron chi connectivity index (χ2n) is 9.24. The van der Waals surface area contributed by atoms with Crippen LogP contribution in [0.3, 0.4) is 0 Å². The van der Waals surface area contributed by atoms with Crippen LogP contribution in [0.4, 0.5) is 23.1 Å². The van der Waals surface area contributed by atoms with Crippen molar-refractivity contribution >= 4 is 46.3 Å². The predicted octanol–water partition coefficient (Wildman–Crippen LogP) is 9.10. The van der Waals surface area contributed by atoms with Crippen LogP contribution in [-0.4, -0.2) is 34.2 Å². The van der Waals surface area contributed by atoms with Crippen LogP contribution in [0.25, 0.3) is 22.3 Å². The van der Waals surface area contributed by atoms with Gasteiger partial charge in [-0.25, -0.2) is 15.0 Å². The van der Waals surface area contributed by atoms with Crippen LogP contribution >= 0.6 is 23.2 Å². The SMILES string of the molecule is COc1ccc(Nc2ccnc(Nc3ccc(OC)c(-c4ccccc4)c3)n2)cc1-c1ccccc1.Clc1cc(Cl)ncn1. The molecule has 0 aliphatic heterocycles. The fraction of sp³-hybridized carbons (Fsp3) is 0.0588. The van der Waals surface area contributed by atoms with Gasteiger partial charge in [-0.1, -0.05) is 83.9 Å². The summed E-state index contributed by atoms with van der Waals surface area (Å²) < 4.78 is 11.1. The van der Waals surface area contributed by atoms with Gasteiger partial charge < -0.3 is 20.1 Å². The second kappa shape index (κ2) is 14.8. The van der Waals surface area contributed by atoms with E-state index in [4.69, 9.17) is 32.7 Å². The van der Waals surface area contributed by atoms with Crippen LogP contribution in [0.2, 0.25) is 10.3 Å².